The van der Waals surface area contributed by atoms with Crippen LogP contribution in [0.25, 0.3) is 0 Å². The van der Waals surface area contributed by atoms with Crippen LogP contribution in [0.3, 0.4) is 0 Å². The summed E-state index contributed by atoms with van der Waals surface area (Å²) in [7, 11) is -2.95. The normalized spacial score (nSPS) is 24.4. The monoisotopic (exact) mass is 582 g/mol. The van der Waals surface area contributed by atoms with E-state index < -0.39 is 62.4 Å². The fraction of sp³-hybridized carbons (Fsp3) is 0.462. The maximum atomic E-state index is 13.9. The first-order valence-corrected chi connectivity index (χ1v) is 13.9. The SMILES string of the molecule is COc1ccc(OP(=O)(NC(C)(C)C(=O)OCc2ccccc2)OC[C@H]2O[C@H](O)[C@H](NC(C)=O)[C@@H](O)[C@@H]2O)cc1. The van der Waals surface area contributed by atoms with Gasteiger partial charge in [-0.15, -0.1) is 0 Å². The number of rotatable bonds is 12. The molecular formula is C26H35N2O11P. The first-order chi connectivity index (χ1) is 18.8. The van der Waals surface area contributed by atoms with Crippen LogP contribution in [0.4, 0.5) is 0 Å². The highest BCUT2D eigenvalue weighted by Crippen LogP contribution is 2.47. The number of amides is 1. The Balaban J connectivity index is 1.76. The average Bonchev–Trinajstić information content (AvgIpc) is 2.91. The lowest BCUT2D eigenvalue weighted by molar-refractivity contribution is -0.252. The van der Waals surface area contributed by atoms with Gasteiger partial charge in [0.1, 0.15) is 48.0 Å². The molecule has 0 bridgehead atoms. The van der Waals surface area contributed by atoms with Crippen LogP contribution < -0.4 is 19.7 Å². The van der Waals surface area contributed by atoms with E-state index in [1.54, 1.807) is 36.4 Å². The first kappa shape index (κ1) is 31.5. The highest BCUT2D eigenvalue weighted by Gasteiger charge is 2.46. The number of aliphatic hydroxyl groups excluding tert-OH is 3. The topological polar surface area (TPSA) is 182 Å². The van der Waals surface area contributed by atoms with Gasteiger partial charge in [0, 0.05) is 6.92 Å². The van der Waals surface area contributed by atoms with E-state index >= 15 is 0 Å². The van der Waals surface area contributed by atoms with E-state index in [1.165, 1.54) is 40.0 Å². The molecule has 0 spiro atoms. The quantitative estimate of drug-likeness (QED) is 0.179. The van der Waals surface area contributed by atoms with E-state index in [0.29, 0.717) is 5.75 Å². The second-order valence-electron chi connectivity index (χ2n) is 9.63. The largest absolute Gasteiger partial charge is 0.497 e. The van der Waals surface area contributed by atoms with Crippen molar-refractivity contribution in [2.24, 2.45) is 0 Å². The fourth-order valence-electron chi connectivity index (χ4n) is 3.79. The van der Waals surface area contributed by atoms with E-state index in [9.17, 15) is 29.5 Å². The van der Waals surface area contributed by atoms with Crippen molar-refractivity contribution >= 4 is 19.6 Å². The zero-order valence-electron chi connectivity index (χ0n) is 22.6. The molecule has 14 heteroatoms. The van der Waals surface area contributed by atoms with E-state index in [4.69, 9.17) is 23.3 Å². The van der Waals surface area contributed by atoms with Crippen molar-refractivity contribution in [2.75, 3.05) is 13.7 Å². The molecule has 220 valence electrons. The van der Waals surface area contributed by atoms with Crippen molar-refractivity contribution in [2.45, 2.75) is 63.6 Å². The van der Waals surface area contributed by atoms with Crippen LogP contribution in [0.2, 0.25) is 0 Å². The van der Waals surface area contributed by atoms with Gasteiger partial charge in [-0.05, 0) is 43.7 Å². The number of benzene rings is 2. The predicted molar refractivity (Wildman–Crippen MR) is 141 cm³/mol. The summed E-state index contributed by atoms with van der Waals surface area (Å²) in [6.45, 7) is 3.35. The number of nitrogens with one attached hydrogen (secondary N) is 2. The molecular weight excluding hydrogens is 547 g/mol. The van der Waals surface area contributed by atoms with Crippen molar-refractivity contribution in [3.63, 3.8) is 0 Å². The van der Waals surface area contributed by atoms with Gasteiger partial charge in [0.25, 0.3) is 0 Å². The third kappa shape index (κ3) is 8.48. The van der Waals surface area contributed by atoms with Gasteiger partial charge in [0.15, 0.2) is 6.29 Å². The second-order valence-corrected chi connectivity index (χ2v) is 11.3. The standard InChI is InChI=1S/C26H35N2O11P/c1-16(29)27-21-23(31)22(30)20(38-24(21)32)15-37-40(34,39-19-12-10-18(35-4)11-13-19)28-26(2,3)25(33)36-14-17-8-6-5-7-9-17/h5-13,20-24,30-32H,14-15H2,1-4H3,(H,27,29)(H,28,34)/t20-,21-,22-,23-,24+,40?/m1/s1. The summed E-state index contributed by atoms with van der Waals surface area (Å²) < 4.78 is 41.0. The number of hydrogen-bond acceptors (Lipinski definition) is 11. The average molecular weight is 583 g/mol. The molecule has 1 saturated heterocycles. The Bertz CT molecular complexity index is 1180. The lowest BCUT2D eigenvalue weighted by Gasteiger charge is -2.41. The lowest BCUT2D eigenvalue weighted by atomic mass is 9.97. The summed E-state index contributed by atoms with van der Waals surface area (Å²) in [6.07, 6.45) is -6.34. The number of aliphatic hydroxyl groups is 3. The lowest BCUT2D eigenvalue weighted by Crippen LogP contribution is -2.64. The van der Waals surface area contributed by atoms with Crippen LogP contribution in [0.15, 0.2) is 54.6 Å². The summed E-state index contributed by atoms with van der Waals surface area (Å²) in [5, 5.41) is 36.1. The van der Waals surface area contributed by atoms with Crippen LogP contribution in [-0.4, -0.2) is 77.1 Å². The van der Waals surface area contributed by atoms with E-state index in [0.717, 1.165) is 5.56 Å². The molecule has 6 atom stereocenters. The Morgan fingerprint density at radius 1 is 1.00 bits per heavy atom. The molecule has 1 fully saturated rings. The van der Waals surface area contributed by atoms with E-state index in [1.807, 2.05) is 6.07 Å². The van der Waals surface area contributed by atoms with Gasteiger partial charge in [0.2, 0.25) is 5.91 Å². The van der Waals surface area contributed by atoms with Crippen LogP contribution in [0.1, 0.15) is 26.3 Å². The minimum absolute atomic E-state index is 0.0252. The van der Waals surface area contributed by atoms with Crippen LogP contribution in [-0.2, 0) is 34.8 Å². The zero-order chi connectivity index (χ0) is 29.5. The number of hydrogen-bond donors (Lipinski definition) is 5. The minimum atomic E-state index is -4.42. The van der Waals surface area contributed by atoms with Gasteiger partial charge in [0.05, 0.1) is 13.7 Å². The number of carbonyl (C=O) groups is 2. The molecule has 1 unspecified atom stereocenters. The highest BCUT2D eigenvalue weighted by atomic mass is 31.2. The third-order valence-corrected chi connectivity index (χ3v) is 7.70. The summed E-state index contributed by atoms with van der Waals surface area (Å²) in [5.41, 5.74) is -0.836. The maximum Gasteiger partial charge on any atom is 0.459 e. The van der Waals surface area contributed by atoms with Crippen molar-refractivity contribution in [1.82, 2.24) is 10.4 Å². The van der Waals surface area contributed by atoms with Gasteiger partial charge in [-0.1, -0.05) is 30.3 Å². The molecule has 2 aromatic rings. The number of ether oxygens (including phenoxy) is 3. The number of carbonyl (C=O) groups excluding carboxylic acids is 2. The summed E-state index contributed by atoms with van der Waals surface area (Å²) in [5.74, 6) is -0.703. The van der Waals surface area contributed by atoms with E-state index in [2.05, 4.69) is 10.4 Å². The van der Waals surface area contributed by atoms with Crippen molar-refractivity contribution < 1.29 is 52.7 Å². The molecule has 1 aliphatic heterocycles. The zero-order valence-corrected chi connectivity index (χ0v) is 23.4. The molecule has 13 nitrogen and oxygen atoms in total. The third-order valence-electron chi connectivity index (χ3n) is 5.92. The fourth-order valence-corrected chi connectivity index (χ4v) is 5.48. The van der Waals surface area contributed by atoms with Gasteiger partial charge >= 0.3 is 13.7 Å². The van der Waals surface area contributed by atoms with Crippen molar-refractivity contribution in [3.05, 3.63) is 60.2 Å². The minimum Gasteiger partial charge on any atom is -0.497 e. The molecule has 1 aliphatic rings. The maximum absolute atomic E-state index is 13.9. The van der Waals surface area contributed by atoms with E-state index in [-0.39, 0.29) is 12.4 Å². The molecule has 5 N–H and O–H groups in total. The van der Waals surface area contributed by atoms with Crippen LogP contribution in [0, 0.1) is 0 Å². The van der Waals surface area contributed by atoms with Crippen LogP contribution in [0.5, 0.6) is 11.5 Å². The summed E-state index contributed by atoms with van der Waals surface area (Å²) >= 11 is 0. The van der Waals surface area contributed by atoms with Gasteiger partial charge in [-0.25, -0.2) is 4.57 Å². The summed E-state index contributed by atoms with van der Waals surface area (Å²) in [4.78, 5) is 24.3. The Kier molecular flexibility index (Phi) is 10.7. The Morgan fingerprint density at radius 3 is 2.23 bits per heavy atom. The van der Waals surface area contributed by atoms with Crippen LogP contribution >= 0.6 is 7.75 Å². The van der Waals surface area contributed by atoms with Crippen molar-refractivity contribution in [3.8, 4) is 11.5 Å². The molecule has 0 aliphatic carbocycles. The van der Waals surface area contributed by atoms with Gasteiger partial charge in [-0.2, -0.15) is 5.09 Å². The number of esters is 1. The summed E-state index contributed by atoms with van der Waals surface area (Å²) in [6, 6.07) is 13.7. The predicted octanol–water partition coefficient (Wildman–Crippen LogP) is 1.25. The Labute approximate surface area is 231 Å². The molecule has 40 heavy (non-hydrogen) atoms. The molecule has 1 heterocycles. The second kappa shape index (κ2) is 13.6. The Morgan fingerprint density at radius 2 is 1.62 bits per heavy atom. The molecule has 1 amide bonds. The molecule has 3 rings (SSSR count). The highest BCUT2D eigenvalue weighted by molar-refractivity contribution is 7.52. The van der Waals surface area contributed by atoms with Gasteiger partial charge < -0.3 is 39.4 Å². The smallest absolute Gasteiger partial charge is 0.459 e. The van der Waals surface area contributed by atoms with Gasteiger partial charge in [-0.3, -0.25) is 14.1 Å². The number of methoxy groups -OCH3 is 1. The Hall–Kier alpha value is -3.03. The molecule has 0 aromatic heterocycles. The molecule has 2 aromatic carbocycles. The molecule has 0 saturated carbocycles. The first-order valence-electron chi connectivity index (χ1n) is 12.4. The van der Waals surface area contributed by atoms with Crippen molar-refractivity contribution in [1.29, 1.82) is 0 Å². The molecule has 0 radical (unpaired) electrons.